The molecular formula is C21H30N4O2. The van der Waals surface area contributed by atoms with E-state index in [1.54, 1.807) is 0 Å². The van der Waals surface area contributed by atoms with Crippen LogP contribution in [0.3, 0.4) is 0 Å². The number of nitrogens with zero attached hydrogens (tertiary/aromatic N) is 3. The van der Waals surface area contributed by atoms with Crippen LogP contribution in [0.5, 0.6) is 5.75 Å². The molecule has 146 valence electrons. The molecule has 2 N–H and O–H groups in total. The molecule has 1 aliphatic heterocycles. The van der Waals surface area contributed by atoms with Crippen molar-refractivity contribution in [2.75, 3.05) is 32.1 Å². The summed E-state index contributed by atoms with van der Waals surface area (Å²) in [5.74, 6) is 2.06. The molecule has 0 amide bonds. The van der Waals surface area contributed by atoms with Crippen LogP contribution in [0.1, 0.15) is 38.5 Å². The molecule has 2 heterocycles. The van der Waals surface area contributed by atoms with Crippen LogP contribution < -0.4 is 10.1 Å². The summed E-state index contributed by atoms with van der Waals surface area (Å²) >= 11 is 0. The number of aliphatic hydroxyl groups excluding tert-OH is 1. The maximum atomic E-state index is 9.68. The average molecular weight is 370 g/mol. The Bertz CT molecular complexity index is 761. The first-order valence-corrected chi connectivity index (χ1v) is 10.2. The van der Waals surface area contributed by atoms with Crippen molar-refractivity contribution in [2.24, 2.45) is 5.92 Å². The molecule has 1 aromatic carbocycles. The first-order valence-electron chi connectivity index (χ1n) is 10.2. The van der Waals surface area contributed by atoms with Crippen molar-refractivity contribution in [2.45, 2.75) is 50.7 Å². The van der Waals surface area contributed by atoms with Gasteiger partial charge in [0.2, 0.25) is 5.95 Å². The minimum absolute atomic E-state index is 0.153. The van der Waals surface area contributed by atoms with Crippen molar-refractivity contribution in [3.8, 4) is 5.75 Å². The van der Waals surface area contributed by atoms with Crippen LogP contribution >= 0.6 is 0 Å². The fraction of sp³-hybridized carbons (Fsp3) is 0.619. The molecular weight excluding hydrogens is 340 g/mol. The number of benzene rings is 1. The van der Waals surface area contributed by atoms with E-state index in [-0.39, 0.29) is 6.10 Å². The Hall–Kier alpha value is -1.92. The van der Waals surface area contributed by atoms with Crippen molar-refractivity contribution in [3.05, 3.63) is 24.4 Å². The number of aliphatic hydroxyl groups is 1. The zero-order chi connectivity index (χ0) is 18.6. The first kappa shape index (κ1) is 18.4. The SMILES string of the molecule is CN1CCCC(COc2cccc3cnc(NC4CCC(O)CC4)nc23)C1. The van der Waals surface area contributed by atoms with Crippen molar-refractivity contribution in [3.63, 3.8) is 0 Å². The highest BCUT2D eigenvalue weighted by atomic mass is 16.5. The standard InChI is InChI=1S/C21H30N4O2/c1-25-11-3-4-15(13-25)14-27-19-6-2-5-16-12-22-21(24-20(16)19)23-17-7-9-18(26)10-8-17/h2,5-6,12,15,17-18,26H,3-4,7-11,13-14H2,1H3,(H,22,23,24). The molecule has 1 saturated heterocycles. The van der Waals surface area contributed by atoms with Crippen LogP contribution in [-0.4, -0.2) is 58.9 Å². The van der Waals surface area contributed by atoms with E-state index >= 15 is 0 Å². The molecule has 27 heavy (non-hydrogen) atoms. The number of para-hydroxylation sites is 1. The van der Waals surface area contributed by atoms with E-state index in [9.17, 15) is 5.11 Å². The van der Waals surface area contributed by atoms with E-state index in [0.717, 1.165) is 55.5 Å². The molecule has 6 heteroatoms. The van der Waals surface area contributed by atoms with E-state index in [1.165, 1.54) is 19.4 Å². The number of fused-ring (bicyclic) bond motifs is 1. The number of anilines is 1. The maximum Gasteiger partial charge on any atom is 0.223 e. The van der Waals surface area contributed by atoms with Crippen molar-refractivity contribution in [1.29, 1.82) is 0 Å². The second-order valence-corrected chi connectivity index (χ2v) is 8.12. The van der Waals surface area contributed by atoms with Crippen LogP contribution in [0, 0.1) is 5.92 Å². The highest BCUT2D eigenvalue weighted by Gasteiger charge is 2.21. The van der Waals surface area contributed by atoms with Gasteiger partial charge in [0.05, 0.1) is 12.7 Å². The summed E-state index contributed by atoms with van der Waals surface area (Å²) in [6.07, 6.45) is 7.77. The van der Waals surface area contributed by atoms with Crippen LogP contribution in [0.2, 0.25) is 0 Å². The molecule has 0 radical (unpaired) electrons. The molecule has 1 aliphatic carbocycles. The predicted octanol–water partition coefficient (Wildman–Crippen LogP) is 3.07. The lowest BCUT2D eigenvalue weighted by Gasteiger charge is -2.29. The lowest BCUT2D eigenvalue weighted by atomic mass is 9.93. The number of hydrogen-bond donors (Lipinski definition) is 2. The quantitative estimate of drug-likeness (QED) is 0.843. The lowest BCUT2D eigenvalue weighted by Crippen LogP contribution is -2.34. The number of likely N-dealkylation sites (tertiary alicyclic amines) is 1. The summed E-state index contributed by atoms with van der Waals surface area (Å²) in [5, 5.41) is 14.1. The van der Waals surface area contributed by atoms with Gasteiger partial charge in [0, 0.05) is 30.1 Å². The van der Waals surface area contributed by atoms with Gasteiger partial charge in [0.1, 0.15) is 11.3 Å². The predicted molar refractivity (Wildman–Crippen MR) is 107 cm³/mol. The molecule has 1 saturated carbocycles. The maximum absolute atomic E-state index is 9.68. The summed E-state index contributed by atoms with van der Waals surface area (Å²) in [7, 11) is 2.18. The van der Waals surface area contributed by atoms with Crippen LogP contribution in [0.4, 0.5) is 5.95 Å². The second-order valence-electron chi connectivity index (χ2n) is 8.12. The van der Waals surface area contributed by atoms with E-state index in [4.69, 9.17) is 9.72 Å². The second kappa shape index (κ2) is 8.40. The van der Waals surface area contributed by atoms with Gasteiger partial charge in [-0.15, -0.1) is 0 Å². The number of rotatable bonds is 5. The van der Waals surface area contributed by atoms with Crippen LogP contribution in [-0.2, 0) is 0 Å². The molecule has 4 rings (SSSR count). The molecule has 2 aromatic rings. The van der Waals surface area contributed by atoms with Gasteiger partial charge >= 0.3 is 0 Å². The fourth-order valence-electron chi connectivity index (χ4n) is 4.23. The van der Waals surface area contributed by atoms with E-state index in [1.807, 2.05) is 24.4 Å². The highest BCUT2D eigenvalue weighted by Crippen LogP contribution is 2.27. The molecule has 0 bridgehead atoms. The van der Waals surface area contributed by atoms with Gasteiger partial charge in [-0.3, -0.25) is 0 Å². The number of piperidine rings is 1. The Morgan fingerprint density at radius 1 is 1.22 bits per heavy atom. The average Bonchev–Trinajstić information content (AvgIpc) is 2.68. The zero-order valence-electron chi connectivity index (χ0n) is 16.1. The van der Waals surface area contributed by atoms with Gasteiger partial charge in [0.25, 0.3) is 0 Å². The third-order valence-corrected chi connectivity index (χ3v) is 5.80. The Morgan fingerprint density at radius 2 is 2.07 bits per heavy atom. The summed E-state index contributed by atoms with van der Waals surface area (Å²) < 4.78 is 6.19. The minimum atomic E-state index is -0.153. The molecule has 6 nitrogen and oxygen atoms in total. The third kappa shape index (κ3) is 4.68. The summed E-state index contributed by atoms with van der Waals surface area (Å²) in [6, 6.07) is 6.36. The topological polar surface area (TPSA) is 70.5 Å². The highest BCUT2D eigenvalue weighted by molar-refractivity contribution is 5.84. The van der Waals surface area contributed by atoms with Gasteiger partial charge in [-0.1, -0.05) is 12.1 Å². The van der Waals surface area contributed by atoms with Crippen molar-refractivity contribution in [1.82, 2.24) is 14.9 Å². The molecule has 1 unspecified atom stereocenters. The molecule has 0 spiro atoms. The van der Waals surface area contributed by atoms with E-state index in [0.29, 0.717) is 17.9 Å². The largest absolute Gasteiger partial charge is 0.491 e. The van der Waals surface area contributed by atoms with E-state index in [2.05, 4.69) is 22.2 Å². The summed E-state index contributed by atoms with van der Waals surface area (Å²) in [4.78, 5) is 11.6. The van der Waals surface area contributed by atoms with Gasteiger partial charge < -0.3 is 20.1 Å². The fourth-order valence-corrected chi connectivity index (χ4v) is 4.23. The monoisotopic (exact) mass is 370 g/mol. The summed E-state index contributed by atoms with van der Waals surface area (Å²) in [5.41, 5.74) is 0.870. The van der Waals surface area contributed by atoms with Gasteiger partial charge in [-0.25, -0.2) is 9.97 Å². The van der Waals surface area contributed by atoms with Gasteiger partial charge in [-0.2, -0.15) is 0 Å². The first-order chi connectivity index (χ1) is 13.2. The lowest BCUT2D eigenvalue weighted by molar-refractivity contribution is 0.126. The van der Waals surface area contributed by atoms with Gasteiger partial charge in [0.15, 0.2) is 0 Å². The number of ether oxygens (including phenoxy) is 1. The normalized spacial score (nSPS) is 26.8. The number of aromatic nitrogens is 2. The Kier molecular flexibility index (Phi) is 5.74. The van der Waals surface area contributed by atoms with Gasteiger partial charge in [-0.05, 0) is 58.2 Å². The minimum Gasteiger partial charge on any atom is -0.491 e. The molecule has 2 fully saturated rings. The van der Waals surface area contributed by atoms with Crippen LogP contribution in [0.25, 0.3) is 10.9 Å². The van der Waals surface area contributed by atoms with Crippen molar-refractivity contribution >= 4 is 16.9 Å². The third-order valence-electron chi connectivity index (χ3n) is 5.80. The van der Waals surface area contributed by atoms with E-state index < -0.39 is 0 Å². The number of nitrogens with one attached hydrogen (secondary N) is 1. The Morgan fingerprint density at radius 3 is 2.89 bits per heavy atom. The van der Waals surface area contributed by atoms with Crippen molar-refractivity contribution < 1.29 is 9.84 Å². The zero-order valence-corrected chi connectivity index (χ0v) is 16.1. The Labute approximate surface area is 161 Å². The smallest absolute Gasteiger partial charge is 0.223 e. The number of hydrogen-bond acceptors (Lipinski definition) is 6. The Balaban J connectivity index is 1.45. The van der Waals surface area contributed by atoms with Crippen LogP contribution in [0.15, 0.2) is 24.4 Å². The molecule has 1 aromatic heterocycles. The summed E-state index contributed by atoms with van der Waals surface area (Å²) in [6.45, 7) is 3.02. The molecule has 1 atom stereocenters. The molecule has 2 aliphatic rings.